The molecule has 1 heterocycles. The van der Waals surface area contributed by atoms with Crippen molar-refractivity contribution < 1.29 is 4.79 Å². The van der Waals surface area contributed by atoms with E-state index >= 15 is 0 Å². The molecule has 0 aliphatic heterocycles. The first-order valence-corrected chi connectivity index (χ1v) is 8.00. The number of pyridine rings is 1. The smallest absolute Gasteiger partial charge is 0.257 e. The van der Waals surface area contributed by atoms with Crippen LogP contribution in [0.3, 0.4) is 0 Å². The summed E-state index contributed by atoms with van der Waals surface area (Å²) in [5.74, 6) is -0.222. The largest absolute Gasteiger partial charge is 0.332 e. The molecule has 0 aliphatic carbocycles. The number of nitrogens with one attached hydrogen (secondary N) is 2. The fourth-order valence-corrected chi connectivity index (χ4v) is 2.72. The fraction of sp³-hybridized carbons (Fsp3) is 0.105. The second-order valence-corrected chi connectivity index (χ2v) is 5.96. The number of amides is 1. The zero-order valence-corrected chi connectivity index (χ0v) is 14.3. The van der Waals surface area contributed by atoms with Crippen molar-refractivity contribution in [2.24, 2.45) is 0 Å². The molecule has 0 bridgehead atoms. The predicted molar refractivity (Wildman–Crippen MR) is 101 cm³/mol. The van der Waals surface area contributed by atoms with Crippen molar-refractivity contribution in [1.29, 1.82) is 0 Å². The summed E-state index contributed by atoms with van der Waals surface area (Å²) in [6, 6.07) is 17.1. The Morgan fingerprint density at radius 2 is 1.79 bits per heavy atom. The van der Waals surface area contributed by atoms with Crippen LogP contribution < -0.4 is 10.6 Å². The van der Waals surface area contributed by atoms with Crippen molar-refractivity contribution in [3.05, 3.63) is 71.4 Å². The number of carbonyl (C=O) groups is 1. The standard InChI is InChI=1S/C19H17N3OS/c1-12-6-3-4-7-14(12)18(23)22-19(24)21-17-9-5-8-16-15(17)11-10-13(2)20-16/h3-11H,1-2H3,(H2,21,22,23,24). The minimum atomic E-state index is -0.222. The average molecular weight is 335 g/mol. The number of nitrogens with zero attached hydrogens (tertiary/aromatic N) is 1. The van der Waals surface area contributed by atoms with Crippen LogP contribution in [0.1, 0.15) is 21.6 Å². The Hall–Kier alpha value is -2.79. The summed E-state index contributed by atoms with van der Waals surface area (Å²) >= 11 is 5.28. The van der Waals surface area contributed by atoms with Crippen LogP contribution in [-0.4, -0.2) is 16.0 Å². The van der Waals surface area contributed by atoms with Crippen LogP contribution in [0, 0.1) is 13.8 Å². The zero-order chi connectivity index (χ0) is 17.1. The number of aryl methyl sites for hydroxylation is 2. The monoisotopic (exact) mass is 335 g/mol. The highest BCUT2D eigenvalue weighted by atomic mass is 32.1. The second kappa shape index (κ2) is 6.76. The first-order valence-electron chi connectivity index (χ1n) is 7.59. The number of carbonyl (C=O) groups excluding carboxylic acids is 1. The minimum absolute atomic E-state index is 0.222. The lowest BCUT2D eigenvalue weighted by Crippen LogP contribution is -2.34. The van der Waals surface area contributed by atoms with E-state index in [2.05, 4.69) is 15.6 Å². The summed E-state index contributed by atoms with van der Waals surface area (Å²) in [5.41, 5.74) is 4.16. The third-order valence-electron chi connectivity index (χ3n) is 3.74. The molecule has 4 nitrogen and oxygen atoms in total. The minimum Gasteiger partial charge on any atom is -0.332 e. The van der Waals surface area contributed by atoms with Crippen LogP contribution in [0.2, 0.25) is 0 Å². The van der Waals surface area contributed by atoms with Crippen molar-refractivity contribution >= 4 is 39.8 Å². The van der Waals surface area contributed by atoms with Gasteiger partial charge in [-0.3, -0.25) is 15.1 Å². The van der Waals surface area contributed by atoms with E-state index in [-0.39, 0.29) is 11.0 Å². The Morgan fingerprint density at radius 3 is 2.58 bits per heavy atom. The number of rotatable bonds is 2. The number of anilines is 1. The van der Waals surface area contributed by atoms with Crippen molar-refractivity contribution in [1.82, 2.24) is 10.3 Å². The highest BCUT2D eigenvalue weighted by Crippen LogP contribution is 2.22. The molecule has 0 saturated carbocycles. The van der Waals surface area contributed by atoms with Crippen molar-refractivity contribution in [3.63, 3.8) is 0 Å². The molecule has 0 saturated heterocycles. The molecule has 0 unspecified atom stereocenters. The lowest BCUT2D eigenvalue weighted by atomic mass is 10.1. The Kier molecular flexibility index (Phi) is 4.53. The van der Waals surface area contributed by atoms with Gasteiger partial charge < -0.3 is 5.32 Å². The van der Waals surface area contributed by atoms with Gasteiger partial charge >= 0.3 is 0 Å². The van der Waals surface area contributed by atoms with Gasteiger partial charge in [0.1, 0.15) is 0 Å². The molecule has 3 rings (SSSR count). The summed E-state index contributed by atoms with van der Waals surface area (Å²) in [4.78, 5) is 16.8. The first-order chi connectivity index (χ1) is 11.5. The molecule has 120 valence electrons. The maximum Gasteiger partial charge on any atom is 0.257 e. The van der Waals surface area contributed by atoms with E-state index in [1.54, 1.807) is 6.07 Å². The number of fused-ring (bicyclic) bond motifs is 1. The number of aromatic nitrogens is 1. The van der Waals surface area contributed by atoms with Gasteiger partial charge in [-0.2, -0.15) is 0 Å². The normalized spacial score (nSPS) is 10.4. The number of thiocarbonyl (C=S) groups is 1. The molecule has 3 aromatic rings. The summed E-state index contributed by atoms with van der Waals surface area (Å²) in [6.07, 6.45) is 0. The maximum absolute atomic E-state index is 12.3. The third kappa shape index (κ3) is 3.41. The maximum atomic E-state index is 12.3. The topological polar surface area (TPSA) is 54.0 Å². The van der Waals surface area contributed by atoms with E-state index in [0.717, 1.165) is 27.8 Å². The highest BCUT2D eigenvalue weighted by molar-refractivity contribution is 7.80. The van der Waals surface area contributed by atoms with E-state index < -0.39 is 0 Å². The van der Waals surface area contributed by atoms with Crippen molar-refractivity contribution in [3.8, 4) is 0 Å². The van der Waals surface area contributed by atoms with Gasteiger partial charge in [-0.05, 0) is 62.0 Å². The summed E-state index contributed by atoms with van der Waals surface area (Å²) in [5, 5.41) is 7.02. The molecular weight excluding hydrogens is 318 g/mol. The molecule has 2 N–H and O–H groups in total. The Morgan fingerprint density at radius 1 is 1.00 bits per heavy atom. The van der Waals surface area contributed by atoms with Gasteiger partial charge in [0.15, 0.2) is 5.11 Å². The number of hydrogen-bond donors (Lipinski definition) is 2. The van der Waals surface area contributed by atoms with E-state index in [0.29, 0.717) is 5.56 Å². The van der Waals surface area contributed by atoms with Gasteiger partial charge in [-0.15, -0.1) is 0 Å². The average Bonchev–Trinajstić information content (AvgIpc) is 2.55. The molecule has 0 atom stereocenters. The molecule has 1 amide bonds. The van der Waals surface area contributed by atoms with Crippen molar-refractivity contribution in [2.75, 3.05) is 5.32 Å². The lowest BCUT2D eigenvalue weighted by molar-refractivity contribution is 0.0977. The SMILES string of the molecule is Cc1ccc2c(NC(=S)NC(=O)c3ccccc3C)cccc2n1. The Balaban J connectivity index is 1.78. The molecule has 1 aromatic heterocycles. The Bertz CT molecular complexity index is 937. The van der Waals surface area contributed by atoms with E-state index in [4.69, 9.17) is 12.2 Å². The summed E-state index contributed by atoms with van der Waals surface area (Å²) < 4.78 is 0. The third-order valence-corrected chi connectivity index (χ3v) is 3.94. The highest BCUT2D eigenvalue weighted by Gasteiger charge is 2.11. The van der Waals surface area contributed by atoms with Crippen LogP contribution >= 0.6 is 12.2 Å². The fourth-order valence-electron chi connectivity index (χ4n) is 2.52. The molecule has 0 aliphatic rings. The number of hydrogen-bond acceptors (Lipinski definition) is 3. The van der Waals surface area contributed by atoms with E-state index in [1.165, 1.54) is 0 Å². The van der Waals surface area contributed by atoms with E-state index in [1.807, 2.05) is 62.4 Å². The van der Waals surface area contributed by atoms with Gasteiger partial charge in [0.05, 0.1) is 5.52 Å². The second-order valence-electron chi connectivity index (χ2n) is 5.55. The van der Waals surface area contributed by atoms with Crippen LogP contribution in [0.5, 0.6) is 0 Å². The predicted octanol–water partition coefficient (Wildman–Crippen LogP) is 3.98. The van der Waals surface area contributed by atoms with Crippen LogP contribution in [0.4, 0.5) is 5.69 Å². The molecule has 2 aromatic carbocycles. The molecule has 0 fully saturated rings. The van der Waals surface area contributed by atoms with Gasteiger partial charge in [0, 0.05) is 22.3 Å². The molecular formula is C19H17N3OS. The van der Waals surface area contributed by atoms with Crippen LogP contribution in [-0.2, 0) is 0 Å². The van der Waals surface area contributed by atoms with Gasteiger partial charge in [0.25, 0.3) is 5.91 Å². The van der Waals surface area contributed by atoms with Crippen LogP contribution in [0.15, 0.2) is 54.6 Å². The van der Waals surface area contributed by atoms with Crippen molar-refractivity contribution in [2.45, 2.75) is 13.8 Å². The van der Waals surface area contributed by atoms with Gasteiger partial charge in [0.2, 0.25) is 0 Å². The molecule has 5 heteroatoms. The quantitative estimate of drug-likeness (QED) is 0.696. The number of benzene rings is 2. The molecule has 0 spiro atoms. The van der Waals surface area contributed by atoms with Gasteiger partial charge in [-0.1, -0.05) is 24.3 Å². The van der Waals surface area contributed by atoms with Crippen LogP contribution in [0.25, 0.3) is 10.9 Å². The van der Waals surface area contributed by atoms with Gasteiger partial charge in [-0.25, -0.2) is 0 Å². The summed E-state index contributed by atoms with van der Waals surface area (Å²) in [6.45, 7) is 3.84. The lowest BCUT2D eigenvalue weighted by Gasteiger charge is -2.12. The summed E-state index contributed by atoms with van der Waals surface area (Å²) in [7, 11) is 0. The molecule has 0 radical (unpaired) electrons. The zero-order valence-electron chi connectivity index (χ0n) is 13.5. The van der Waals surface area contributed by atoms with E-state index in [9.17, 15) is 4.79 Å². The Labute approximate surface area is 145 Å². The first kappa shape index (κ1) is 16.1. The molecule has 24 heavy (non-hydrogen) atoms.